The molecule has 2 rings (SSSR count). The third-order valence-corrected chi connectivity index (χ3v) is 4.26. The second-order valence-corrected chi connectivity index (χ2v) is 6.71. The fourth-order valence-corrected chi connectivity index (χ4v) is 2.65. The highest BCUT2D eigenvalue weighted by molar-refractivity contribution is 5.82. The number of ether oxygens (including phenoxy) is 1. The normalized spacial score (nSPS) is 21.2. The largest absolute Gasteiger partial charge is 0.479 e. The topological polar surface area (TPSA) is 75.6 Å². The van der Waals surface area contributed by atoms with Crippen LogP contribution < -0.4 is 5.32 Å². The lowest BCUT2D eigenvalue weighted by atomic mass is 9.83. The summed E-state index contributed by atoms with van der Waals surface area (Å²) in [5.74, 6) is -1.57. The molecule has 1 aromatic rings. The van der Waals surface area contributed by atoms with Crippen molar-refractivity contribution in [3.8, 4) is 0 Å². The third kappa shape index (κ3) is 4.72. The zero-order valence-electron chi connectivity index (χ0n) is 13.9. The molecule has 1 saturated heterocycles. The van der Waals surface area contributed by atoms with Gasteiger partial charge < -0.3 is 15.2 Å². The van der Waals surface area contributed by atoms with E-state index in [1.807, 2.05) is 0 Å². The lowest BCUT2D eigenvalue weighted by Crippen LogP contribution is -2.42. The molecule has 1 aliphatic rings. The van der Waals surface area contributed by atoms with Crippen molar-refractivity contribution in [1.82, 2.24) is 5.32 Å². The lowest BCUT2D eigenvalue weighted by molar-refractivity contribution is -0.151. The van der Waals surface area contributed by atoms with Gasteiger partial charge in [0.2, 0.25) is 5.91 Å². The van der Waals surface area contributed by atoms with Gasteiger partial charge in [-0.05, 0) is 24.5 Å². The maximum atomic E-state index is 12.8. The number of hydrogen-bond donors (Lipinski definition) is 2. The highest BCUT2D eigenvalue weighted by atomic mass is 19.4. The van der Waals surface area contributed by atoms with Gasteiger partial charge in [-0.25, -0.2) is 4.79 Å². The summed E-state index contributed by atoms with van der Waals surface area (Å²) in [7, 11) is 0. The molecule has 2 atom stereocenters. The average Bonchev–Trinajstić information content (AvgIpc) is 3.02. The van der Waals surface area contributed by atoms with Gasteiger partial charge in [0.15, 0.2) is 6.10 Å². The number of carbonyl (C=O) groups is 2. The van der Waals surface area contributed by atoms with Gasteiger partial charge in [0, 0.05) is 12.0 Å². The molecule has 138 valence electrons. The van der Waals surface area contributed by atoms with Crippen molar-refractivity contribution in [2.24, 2.45) is 0 Å². The molecule has 1 aliphatic heterocycles. The van der Waals surface area contributed by atoms with Crippen LogP contribution in [0.3, 0.4) is 0 Å². The lowest BCUT2D eigenvalue weighted by Gasteiger charge is -2.27. The Balaban J connectivity index is 2.00. The number of rotatable bonds is 5. The zero-order chi connectivity index (χ0) is 18.8. The number of halogens is 3. The van der Waals surface area contributed by atoms with Crippen LogP contribution in [0.2, 0.25) is 0 Å². The summed E-state index contributed by atoms with van der Waals surface area (Å²) in [6.45, 7) is 3.54. The maximum Gasteiger partial charge on any atom is 0.416 e. The van der Waals surface area contributed by atoms with Gasteiger partial charge in [-0.2, -0.15) is 13.2 Å². The molecule has 0 aliphatic carbocycles. The Morgan fingerprint density at radius 2 is 1.80 bits per heavy atom. The smallest absolute Gasteiger partial charge is 0.416 e. The van der Waals surface area contributed by atoms with E-state index in [1.165, 1.54) is 6.07 Å². The number of aliphatic carboxylic acids is 1. The molecule has 25 heavy (non-hydrogen) atoms. The van der Waals surface area contributed by atoms with Crippen LogP contribution in [0.25, 0.3) is 0 Å². The van der Waals surface area contributed by atoms with Crippen LogP contribution in [-0.4, -0.2) is 35.7 Å². The minimum atomic E-state index is -4.43. The van der Waals surface area contributed by atoms with Crippen molar-refractivity contribution in [1.29, 1.82) is 0 Å². The number of hydrogen-bond acceptors (Lipinski definition) is 3. The molecule has 0 spiro atoms. The standard InChI is InChI=1S/C17H20F3NO4/c1-16(2,10-4-3-5-11(8-10)17(18,19)20)9-21-14(22)12-6-7-13(25-12)15(23)24/h3-5,8,12-13H,6-7,9H2,1-2H3,(H,21,22)(H,23,24)/t12-,13+/m0/s1. The number of benzene rings is 1. The predicted molar refractivity (Wildman–Crippen MR) is 83.0 cm³/mol. The molecule has 0 radical (unpaired) electrons. The van der Waals surface area contributed by atoms with E-state index < -0.39 is 41.2 Å². The first-order chi connectivity index (χ1) is 11.5. The number of nitrogens with one attached hydrogen (secondary N) is 1. The molecule has 0 aromatic heterocycles. The van der Waals surface area contributed by atoms with Crippen LogP contribution in [0.1, 0.15) is 37.8 Å². The molecule has 0 bridgehead atoms. The Hall–Kier alpha value is -2.09. The van der Waals surface area contributed by atoms with E-state index in [-0.39, 0.29) is 13.0 Å². The minimum Gasteiger partial charge on any atom is -0.479 e. The Kier molecular flexibility index (Phi) is 5.41. The molecule has 8 heteroatoms. The van der Waals surface area contributed by atoms with E-state index in [0.717, 1.165) is 12.1 Å². The highest BCUT2D eigenvalue weighted by Gasteiger charge is 2.36. The Labute approximate surface area is 143 Å². The molecule has 1 fully saturated rings. The SMILES string of the molecule is CC(C)(CNC(=O)[C@@H]1CC[C@H](C(=O)O)O1)c1cccc(C(F)(F)F)c1. The van der Waals surface area contributed by atoms with Gasteiger partial charge in [0.25, 0.3) is 0 Å². The Bertz CT molecular complexity index is 658. The van der Waals surface area contributed by atoms with Crippen molar-refractivity contribution in [3.05, 3.63) is 35.4 Å². The molecule has 0 saturated carbocycles. The van der Waals surface area contributed by atoms with E-state index in [2.05, 4.69) is 5.32 Å². The van der Waals surface area contributed by atoms with Crippen LogP contribution >= 0.6 is 0 Å². The van der Waals surface area contributed by atoms with Crippen LogP contribution in [0.5, 0.6) is 0 Å². The fraction of sp³-hybridized carbons (Fsp3) is 0.529. The Morgan fingerprint density at radius 3 is 2.36 bits per heavy atom. The van der Waals surface area contributed by atoms with Crippen molar-refractivity contribution in [2.45, 2.75) is 50.5 Å². The van der Waals surface area contributed by atoms with Gasteiger partial charge in [-0.3, -0.25) is 4.79 Å². The molecule has 1 aromatic carbocycles. The maximum absolute atomic E-state index is 12.8. The summed E-state index contributed by atoms with van der Waals surface area (Å²) < 4.78 is 43.7. The first-order valence-electron chi connectivity index (χ1n) is 7.84. The van der Waals surface area contributed by atoms with E-state index in [0.29, 0.717) is 12.0 Å². The van der Waals surface area contributed by atoms with E-state index in [1.54, 1.807) is 19.9 Å². The molecular formula is C17H20F3NO4. The highest BCUT2D eigenvalue weighted by Crippen LogP contribution is 2.32. The van der Waals surface area contributed by atoms with Crippen LogP contribution in [0.4, 0.5) is 13.2 Å². The summed E-state index contributed by atoms with van der Waals surface area (Å²) in [5.41, 5.74) is -1.03. The number of carboxylic acid groups (broad SMARTS) is 1. The quantitative estimate of drug-likeness (QED) is 0.848. The first-order valence-corrected chi connectivity index (χ1v) is 7.84. The van der Waals surface area contributed by atoms with Crippen LogP contribution in [-0.2, 0) is 25.9 Å². The minimum absolute atomic E-state index is 0.102. The number of carbonyl (C=O) groups excluding carboxylic acids is 1. The van der Waals surface area contributed by atoms with Crippen molar-refractivity contribution < 1.29 is 32.6 Å². The molecule has 1 amide bonds. The molecular weight excluding hydrogens is 339 g/mol. The third-order valence-electron chi connectivity index (χ3n) is 4.26. The van der Waals surface area contributed by atoms with Crippen LogP contribution in [0.15, 0.2) is 24.3 Å². The first kappa shape index (κ1) is 19.2. The Morgan fingerprint density at radius 1 is 1.20 bits per heavy atom. The number of carboxylic acids is 1. The van der Waals surface area contributed by atoms with E-state index in [4.69, 9.17) is 9.84 Å². The van der Waals surface area contributed by atoms with Crippen LogP contribution in [0, 0.1) is 0 Å². The van der Waals surface area contributed by atoms with E-state index in [9.17, 15) is 22.8 Å². The average molecular weight is 359 g/mol. The second kappa shape index (κ2) is 7.03. The van der Waals surface area contributed by atoms with Gasteiger partial charge in [0.05, 0.1) is 5.56 Å². The van der Waals surface area contributed by atoms with Gasteiger partial charge in [0.1, 0.15) is 6.10 Å². The molecule has 0 unspecified atom stereocenters. The number of amides is 1. The van der Waals surface area contributed by atoms with Gasteiger partial charge in [-0.15, -0.1) is 0 Å². The summed E-state index contributed by atoms with van der Waals surface area (Å²) >= 11 is 0. The predicted octanol–water partition coefficient (Wildman–Crippen LogP) is 2.73. The zero-order valence-corrected chi connectivity index (χ0v) is 13.9. The van der Waals surface area contributed by atoms with Crippen molar-refractivity contribution in [3.63, 3.8) is 0 Å². The molecule has 5 nitrogen and oxygen atoms in total. The second-order valence-electron chi connectivity index (χ2n) is 6.71. The molecule has 1 heterocycles. The van der Waals surface area contributed by atoms with Crippen molar-refractivity contribution in [2.75, 3.05) is 6.54 Å². The van der Waals surface area contributed by atoms with Crippen molar-refractivity contribution >= 4 is 11.9 Å². The van der Waals surface area contributed by atoms with E-state index >= 15 is 0 Å². The monoisotopic (exact) mass is 359 g/mol. The molecule has 2 N–H and O–H groups in total. The summed E-state index contributed by atoms with van der Waals surface area (Å²) in [6.07, 6.45) is -5.72. The number of alkyl halides is 3. The van der Waals surface area contributed by atoms with Gasteiger partial charge >= 0.3 is 12.1 Å². The van der Waals surface area contributed by atoms with Gasteiger partial charge in [-0.1, -0.05) is 32.0 Å². The summed E-state index contributed by atoms with van der Waals surface area (Å²) in [5, 5.41) is 11.5. The summed E-state index contributed by atoms with van der Waals surface area (Å²) in [4.78, 5) is 22.9. The fourth-order valence-electron chi connectivity index (χ4n) is 2.65. The summed E-state index contributed by atoms with van der Waals surface area (Å²) in [6, 6.07) is 4.97.